The molecule has 0 radical (unpaired) electrons. The first-order chi connectivity index (χ1) is 11.4. The Morgan fingerprint density at radius 1 is 1.25 bits per heavy atom. The molecule has 2 aliphatic rings. The Morgan fingerprint density at radius 2 is 1.92 bits per heavy atom. The van der Waals surface area contributed by atoms with Crippen molar-refractivity contribution < 1.29 is 4.79 Å². The summed E-state index contributed by atoms with van der Waals surface area (Å²) in [5, 5.41) is 3.18. The van der Waals surface area contributed by atoms with Crippen molar-refractivity contribution in [2.24, 2.45) is 5.92 Å². The van der Waals surface area contributed by atoms with Crippen LogP contribution in [-0.4, -0.2) is 29.9 Å². The standard InChI is InChI=1S/C21H32N2O/c1-15(2)13-16(3)23-11-9-21(10-12-23)14-20(22-17(4)24)18-7-5-6-8-19(18)21/h5-8,15-16,20H,9-14H2,1-4H3,(H,22,24)/t16?,20-/m0/s1. The topological polar surface area (TPSA) is 32.3 Å². The molecule has 1 N–H and O–H groups in total. The van der Waals surface area contributed by atoms with Crippen molar-refractivity contribution in [1.82, 2.24) is 10.2 Å². The van der Waals surface area contributed by atoms with Crippen molar-refractivity contribution in [2.75, 3.05) is 13.1 Å². The molecule has 0 bridgehead atoms. The number of nitrogens with zero attached hydrogens (tertiary/aromatic N) is 1. The average Bonchev–Trinajstić information content (AvgIpc) is 2.81. The molecule has 1 aliphatic heterocycles. The van der Waals surface area contributed by atoms with Gasteiger partial charge in [-0.2, -0.15) is 0 Å². The smallest absolute Gasteiger partial charge is 0.217 e. The summed E-state index contributed by atoms with van der Waals surface area (Å²) in [6, 6.07) is 9.63. The molecule has 0 saturated carbocycles. The molecule has 1 aromatic rings. The minimum atomic E-state index is 0.0786. The molecule has 3 heteroatoms. The summed E-state index contributed by atoms with van der Waals surface area (Å²) in [5.41, 5.74) is 3.09. The molecule has 1 heterocycles. The van der Waals surface area contributed by atoms with E-state index in [1.165, 1.54) is 43.5 Å². The van der Waals surface area contributed by atoms with Crippen LogP contribution in [0.5, 0.6) is 0 Å². The van der Waals surface area contributed by atoms with Gasteiger partial charge in [-0.15, -0.1) is 0 Å². The van der Waals surface area contributed by atoms with Crippen molar-refractivity contribution in [3.05, 3.63) is 35.4 Å². The summed E-state index contributed by atoms with van der Waals surface area (Å²) in [7, 11) is 0. The maximum Gasteiger partial charge on any atom is 0.217 e. The molecule has 1 aliphatic carbocycles. The number of nitrogens with one attached hydrogen (secondary N) is 1. The Kier molecular flexibility index (Phi) is 5.00. The number of carbonyl (C=O) groups is 1. The van der Waals surface area contributed by atoms with Crippen LogP contribution in [-0.2, 0) is 10.2 Å². The zero-order valence-corrected chi connectivity index (χ0v) is 15.6. The van der Waals surface area contributed by atoms with Crippen molar-refractivity contribution in [3.8, 4) is 0 Å². The first kappa shape index (κ1) is 17.5. The zero-order valence-electron chi connectivity index (χ0n) is 15.6. The van der Waals surface area contributed by atoms with Gasteiger partial charge in [-0.05, 0) is 62.7 Å². The highest BCUT2D eigenvalue weighted by atomic mass is 16.1. The van der Waals surface area contributed by atoms with Crippen LogP contribution in [0.25, 0.3) is 0 Å². The fraction of sp³-hybridized carbons (Fsp3) is 0.667. The van der Waals surface area contributed by atoms with Crippen LogP contribution in [0, 0.1) is 5.92 Å². The highest BCUT2D eigenvalue weighted by Crippen LogP contribution is 2.50. The molecule has 3 rings (SSSR count). The summed E-state index contributed by atoms with van der Waals surface area (Å²) in [4.78, 5) is 14.3. The summed E-state index contributed by atoms with van der Waals surface area (Å²) in [6.07, 6.45) is 4.77. The third-order valence-electron chi connectivity index (χ3n) is 6.07. The van der Waals surface area contributed by atoms with E-state index in [1.54, 1.807) is 6.92 Å². The minimum Gasteiger partial charge on any atom is -0.349 e. The number of hydrogen-bond donors (Lipinski definition) is 1. The maximum atomic E-state index is 11.6. The van der Waals surface area contributed by atoms with Crippen molar-refractivity contribution >= 4 is 5.91 Å². The Bertz CT molecular complexity index is 587. The molecule has 0 aromatic heterocycles. The van der Waals surface area contributed by atoms with Gasteiger partial charge in [-0.1, -0.05) is 38.1 Å². The summed E-state index contributed by atoms with van der Waals surface area (Å²) in [6.45, 7) is 11.0. The van der Waals surface area contributed by atoms with Gasteiger partial charge < -0.3 is 10.2 Å². The van der Waals surface area contributed by atoms with Crippen molar-refractivity contribution in [2.45, 2.75) is 70.9 Å². The van der Waals surface area contributed by atoms with Gasteiger partial charge >= 0.3 is 0 Å². The van der Waals surface area contributed by atoms with Gasteiger partial charge in [0, 0.05) is 18.4 Å². The molecule has 1 fully saturated rings. The first-order valence-corrected chi connectivity index (χ1v) is 9.52. The van der Waals surface area contributed by atoms with Gasteiger partial charge in [-0.25, -0.2) is 0 Å². The number of rotatable bonds is 4. The fourth-order valence-electron chi connectivity index (χ4n) is 4.97. The van der Waals surface area contributed by atoms with Crippen molar-refractivity contribution in [3.63, 3.8) is 0 Å². The molecule has 1 unspecified atom stereocenters. The molecule has 3 nitrogen and oxygen atoms in total. The van der Waals surface area contributed by atoms with Crippen LogP contribution in [0.4, 0.5) is 0 Å². The van der Waals surface area contributed by atoms with Gasteiger partial charge in [0.15, 0.2) is 0 Å². The van der Waals surface area contributed by atoms with Gasteiger partial charge in [0.05, 0.1) is 6.04 Å². The second-order valence-electron chi connectivity index (χ2n) is 8.34. The van der Waals surface area contributed by atoms with Crippen LogP contribution in [0.2, 0.25) is 0 Å². The van der Waals surface area contributed by atoms with E-state index < -0.39 is 0 Å². The van der Waals surface area contributed by atoms with Crippen LogP contribution in [0.1, 0.15) is 70.5 Å². The minimum absolute atomic E-state index is 0.0786. The Morgan fingerprint density at radius 3 is 2.54 bits per heavy atom. The predicted octanol–water partition coefficient (Wildman–Crippen LogP) is 4.04. The number of fused-ring (bicyclic) bond motifs is 2. The Hall–Kier alpha value is -1.35. The number of benzene rings is 1. The first-order valence-electron chi connectivity index (χ1n) is 9.52. The number of piperidine rings is 1. The number of carbonyl (C=O) groups excluding carboxylic acids is 1. The summed E-state index contributed by atoms with van der Waals surface area (Å²) < 4.78 is 0. The summed E-state index contributed by atoms with van der Waals surface area (Å²) in [5.74, 6) is 0.835. The second kappa shape index (κ2) is 6.87. The molecule has 2 atom stereocenters. The highest BCUT2D eigenvalue weighted by molar-refractivity contribution is 5.73. The molecule has 132 valence electrons. The zero-order chi connectivity index (χ0) is 17.3. The number of hydrogen-bond acceptors (Lipinski definition) is 2. The van der Waals surface area contributed by atoms with E-state index >= 15 is 0 Å². The van der Waals surface area contributed by atoms with Gasteiger partial charge in [0.25, 0.3) is 0 Å². The second-order valence-corrected chi connectivity index (χ2v) is 8.34. The molecular weight excluding hydrogens is 296 g/mol. The molecular formula is C21H32N2O. The lowest BCUT2D eigenvalue weighted by atomic mass is 9.73. The van der Waals surface area contributed by atoms with E-state index in [2.05, 4.69) is 55.3 Å². The maximum absolute atomic E-state index is 11.6. The fourth-order valence-corrected chi connectivity index (χ4v) is 4.97. The van der Waals surface area contributed by atoms with E-state index in [-0.39, 0.29) is 17.4 Å². The van der Waals surface area contributed by atoms with Crippen LogP contribution < -0.4 is 5.32 Å². The molecule has 24 heavy (non-hydrogen) atoms. The quantitative estimate of drug-likeness (QED) is 0.905. The third-order valence-corrected chi connectivity index (χ3v) is 6.07. The lowest BCUT2D eigenvalue weighted by molar-refractivity contribution is -0.119. The van der Waals surface area contributed by atoms with Crippen LogP contribution in [0.15, 0.2) is 24.3 Å². The van der Waals surface area contributed by atoms with Crippen LogP contribution >= 0.6 is 0 Å². The summed E-state index contributed by atoms with van der Waals surface area (Å²) >= 11 is 0. The average molecular weight is 328 g/mol. The predicted molar refractivity (Wildman–Crippen MR) is 99.0 cm³/mol. The van der Waals surface area contributed by atoms with Crippen molar-refractivity contribution in [1.29, 1.82) is 0 Å². The van der Waals surface area contributed by atoms with Gasteiger partial charge in [0.1, 0.15) is 0 Å². The molecule has 1 amide bonds. The lowest BCUT2D eigenvalue weighted by Gasteiger charge is -2.43. The Labute approximate surface area is 146 Å². The van der Waals surface area contributed by atoms with Crippen LogP contribution in [0.3, 0.4) is 0 Å². The Balaban J connectivity index is 1.75. The number of amides is 1. The largest absolute Gasteiger partial charge is 0.349 e. The van der Waals surface area contributed by atoms with Gasteiger partial charge in [-0.3, -0.25) is 4.79 Å². The van der Waals surface area contributed by atoms with Gasteiger partial charge in [0.2, 0.25) is 5.91 Å². The molecule has 1 spiro atoms. The lowest BCUT2D eigenvalue weighted by Crippen LogP contribution is -2.46. The number of likely N-dealkylation sites (tertiary alicyclic amines) is 1. The molecule has 1 aromatic carbocycles. The SMILES string of the molecule is CC(=O)N[C@H]1CC2(CCN(C(C)CC(C)C)CC2)c2ccccc21. The normalized spacial score (nSPS) is 24.1. The van der Waals surface area contributed by atoms with E-state index in [1.807, 2.05) is 0 Å². The van der Waals surface area contributed by atoms with E-state index in [0.29, 0.717) is 6.04 Å². The molecule has 1 saturated heterocycles. The highest BCUT2D eigenvalue weighted by Gasteiger charge is 2.45. The van der Waals surface area contributed by atoms with E-state index in [0.717, 1.165) is 12.3 Å². The monoisotopic (exact) mass is 328 g/mol. The third kappa shape index (κ3) is 3.37. The van der Waals surface area contributed by atoms with E-state index in [9.17, 15) is 4.79 Å². The van der Waals surface area contributed by atoms with E-state index in [4.69, 9.17) is 0 Å².